The van der Waals surface area contributed by atoms with Crippen LogP contribution in [-0.2, 0) is 0 Å². The fraction of sp³-hybridized carbons (Fsp3) is 0. The van der Waals surface area contributed by atoms with Gasteiger partial charge in [0.1, 0.15) is 0 Å². The van der Waals surface area contributed by atoms with E-state index in [9.17, 15) is 9.59 Å². The summed E-state index contributed by atoms with van der Waals surface area (Å²) >= 11 is 0. The molecule has 30 heavy (non-hydrogen) atoms. The molecule has 0 bridgehead atoms. The SMILES string of the molecule is O=Cc1c2cccccc2n2c(=O)n(-c3ccccc3)c(=Nc3ccccc3)nc12. The summed E-state index contributed by atoms with van der Waals surface area (Å²) in [5.41, 5.74) is 2.44. The molecule has 0 unspecified atom stereocenters. The minimum absolute atomic E-state index is 0.209. The number of nitrogens with zero attached hydrogens (tertiary/aromatic N) is 4. The molecule has 5 aromatic rings. The summed E-state index contributed by atoms with van der Waals surface area (Å²) in [6, 6.07) is 27.7. The maximum atomic E-state index is 13.7. The van der Waals surface area contributed by atoms with E-state index in [0.717, 1.165) is 6.29 Å². The summed E-state index contributed by atoms with van der Waals surface area (Å²) < 4.78 is 2.93. The van der Waals surface area contributed by atoms with Gasteiger partial charge in [0.05, 0.1) is 22.5 Å². The maximum Gasteiger partial charge on any atom is 0.341 e. The van der Waals surface area contributed by atoms with Crippen LogP contribution in [-0.4, -0.2) is 20.2 Å². The van der Waals surface area contributed by atoms with E-state index in [2.05, 4.69) is 9.98 Å². The van der Waals surface area contributed by atoms with E-state index in [1.54, 1.807) is 0 Å². The third-order valence-corrected chi connectivity index (χ3v) is 4.90. The third kappa shape index (κ3) is 2.82. The summed E-state index contributed by atoms with van der Waals surface area (Å²) in [6.07, 6.45) is 0.739. The number of aromatic nitrogens is 3. The van der Waals surface area contributed by atoms with Gasteiger partial charge in [-0.25, -0.2) is 18.8 Å². The average molecular weight is 392 g/mol. The molecule has 0 radical (unpaired) electrons. The Morgan fingerprint density at radius 3 is 2.13 bits per heavy atom. The lowest BCUT2D eigenvalue weighted by molar-refractivity contribution is 0.112. The second kappa shape index (κ2) is 7.25. The van der Waals surface area contributed by atoms with Crippen LogP contribution >= 0.6 is 0 Å². The molecule has 2 heterocycles. The second-order valence-electron chi connectivity index (χ2n) is 6.71. The molecule has 0 saturated carbocycles. The summed E-state index contributed by atoms with van der Waals surface area (Å²) in [4.78, 5) is 34.9. The van der Waals surface area contributed by atoms with Gasteiger partial charge in [-0.3, -0.25) is 4.79 Å². The fourth-order valence-corrected chi connectivity index (χ4v) is 3.56. The molecule has 0 N–H and O–H groups in total. The monoisotopic (exact) mass is 392 g/mol. The molecule has 5 rings (SSSR count). The first-order valence-electron chi connectivity index (χ1n) is 9.45. The van der Waals surface area contributed by atoms with Crippen LogP contribution in [0.25, 0.3) is 22.2 Å². The van der Waals surface area contributed by atoms with Crippen molar-refractivity contribution in [2.45, 2.75) is 0 Å². The molecule has 0 aliphatic carbocycles. The lowest BCUT2D eigenvalue weighted by Crippen LogP contribution is -2.38. The molecule has 0 saturated heterocycles. The van der Waals surface area contributed by atoms with Crippen LogP contribution in [0.2, 0.25) is 0 Å². The fourth-order valence-electron chi connectivity index (χ4n) is 3.56. The first-order valence-corrected chi connectivity index (χ1v) is 9.45. The minimum atomic E-state index is -0.342. The standard InChI is InChI=1S/C24H16N4O2/c29-16-20-19-14-8-3-9-15-21(19)28-22(20)26-23(25-17-10-4-1-5-11-17)27(24(28)30)18-12-6-2-7-13-18/h1-16H. The quantitative estimate of drug-likeness (QED) is 0.440. The first-order chi connectivity index (χ1) is 14.8. The smallest absolute Gasteiger partial charge is 0.298 e. The Bertz CT molecular complexity index is 1520. The van der Waals surface area contributed by atoms with Gasteiger partial charge in [-0.1, -0.05) is 60.7 Å². The predicted octanol–water partition coefficient (Wildman–Crippen LogP) is 3.68. The average Bonchev–Trinajstić information content (AvgIpc) is 2.90. The Balaban J connectivity index is 2.02. The molecular formula is C24H16N4O2. The van der Waals surface area contributed by atoms with Crippen LogP contribution < -0.4 is 11.3 Å². The molecule has 6 nitrogen and oxygen atoms in total. The normalized spacial score (nSPS) is 11.8. The zero-order valence-corrected chi connectivity index (χ0v) is 15.8. The predicted molar refractivity (Wildman–Crippen MR) is 115 cm³/mol. The molecule has 0 aliphatic heterocycles. The van der Waals surface area contributed by atoms with Crippen molar-refractivity contribution in [2.24, 2.45) is 4.99 Å². The van der Waals surface area contributed by atoms with Crippen molar-refractivity contribution in [2.75, 3.05) is 0 Å². The lowest BCUT2D eigenvalue weighted by Gasteiger charge is -2.07. The van der Waals surface area contributed by atoms with Gasteiger partial charge in [0, 0.05) is 5.39 Å². The molecule has 0 fully saturated rings. The van der Waals surface area contributed by atoms with Crippen LogP contribution in [0.3, 0.4) is 0 Å². The summed E-state index contributed by atoms with van der Waals surface area (Å²) in [7, 11) is 0. The first kappa shape index (κ1) is 17.8. The molecule has 3 aromatic carbocycles. The number of rotatable bonds is 3. The van der Waals surface area contributed by atoms with Crippen molar-refractivity contribution in [3.05, 3.63) is 113 Å². The van der Waals surface area contributed by atoms with Gasteiger partial charge in [-0.2, -0.15) is 4.98 Å². The number of para-hydroxylation sites is 2. The zero-order valence-electron chi connectivity index (χ0n) is 15.8. The highest BCUT2D eigenvalue weighted by Gasteiger charge is 2.17. The van der Waals surface area contributed by atoms with E-state index in [1.165, 1.54) is 8.97 Å². The Morgan fingerprint density at radius 2 is 1.43 bits per heavy atom. The van der Waals surface area contributed by atoms with Crippen LogP contribution in [0.15, 0.2) is 101 Å². The third-order valence-electron chi connectivity index (χ3n) is 4.90. The number of aldehydes is 1. The van der Waals surface area contributed by atoms with E-state index >= 15 is 0 Å². The van der Waals surface area contributed by atoms with Crippen LogP contribution in [0.5, 0.6) is 0 Å². The second-order valence-corrected chi connectivity index (χ2v) is 6.71. The molecule has 144 valence electrons. The van der Waals surface area contributed by atoms with Gasteiger partial charge < -0.3 is 0 Å². The molecule has 0 aliphatic rings. The topological polar surface area (TPSA) is 68.7 Å². The molecule has 0 spiro atoms. The number of benzene rings is 2. The number of hydrogen-bond acceptors (Lipinski definition) is 4. The highest BCUT2D eigenvalue weighted by Crippen LogP contribution is 2.21. The van der Waals surface area contributed by atoms with Gasteiger partial charge in [0.25, 0.3) is 0 Å². The van der Waals surface area contributed by atoms with E-state index in [0.29, 0.717) is 27.8 Å². The van der Waals surface area contributed by atoms with E-state index in [-0.39, 0.29) is 17.0 Å². The number of fused-ring (bicyclic) bond motifs is 3. The maximum absolute atomic E-state index is 13.7. The van der Waals surface area contributed by atoms with Crippen molar-refractivity contribution in [3.8, 4) is 5.69 Å². The van der Waals surface area contributed by atoms with Crippen molar-refractivity contribution >= 4 is 28.5 Å². The van der Waals surface area contributed by atoms with Crippen LogP contribution in [0.1, 0.15) is 10.4 Å². The van der Waals surface area contributed by atoms with E-state index in [4.69, 9.17) is 0 Å². The minimum Gasteiger partial charge on any atom is -0.298 e. The Hall–Kier alpha value is -4.32. The summed E-state index contributed by atoms with van der Waals surface area (Å²) in [6.45, 7) is 0. The largest absolute Gasteiger partial charge is 0.341 e. The van der Waals surface area contributed by atoms with Gasteiger partial charge in [0.2, 0.25) is 5.62 Å². The molecule has 0 amide bonds. The Kier molecular flexibility index (Phi) is 4.29. The van der Waals surface area contributed by atoms with E-state index < -0.39 is 0 Å². The number of hydrogen-bond donors (Lipinski definition) is 0. The van der Waals surface area contributed by atoms with Crippen molar-refractivity contribution in [3.63, 3.8) is 0 Å². The molecular weight excluding hydrogens is 376 g/mol. The summed E-state index contributed by atoms with van der Waals surface area (Å²) in [5.74, 6) is 0. The lowest BCUT2D eigenvalue weighted by atomic mass is 10.2. The zero-order chi connectivity index (χ0) is 20.5. The van der Waals surface area contributed by atoms with Crippen LogP contribution in [0.4, 0.5) is 5.69 Å². The van der Waals surface area contributed by atoms with E-state index in [1.807, 2.05) is 91.0 Å². The van der Waals surface area contributed by atoms with Gasteiger partial charge >= 0.3 is 5.69 Å². The molecule has 6 heteroatoms. The number of carbonyl (C=O) groups excluding carboxylic acids is 1. The Morgan fingerprint density at radius 1 is 0.800 bits per heavy atom. The van der Waals surface area contributed by atoms with Crippen molar-refractivity contribution < 1.29 is 4.79 Å². The van der Waals surface area contributed by atoms with Crippen LogP contribution in [0, 0.1) is 0 Å². The van der Waals surface area contributed by atoms with Crippen molar-refractivity contribution in [1.29, 1.82) is 0 Å². The summed E-state index contributed by atoms with van der Waals surface area (Å²) in [5, 5.41) is 0.663. The highest BCUT2D eigenvalue weighted by atomic mass is 16.1. The molecule has 2 aromatic heterocycles. The van der Waals surface area contributed by atoms with Gasteiger partial charge in [0.15, 0.2) is 11.9 Å². The highest BCUT2D eigenvalue weighted by molar-refractivity contribution is 6.04. The number of carbonyl (C=O) groups is 1. The van der Waals surface area contributed by atoms with Gasteiger partial charge in [-0.05, 0) is 30.3 Å². The molecule has 0 atom stereocenters. The Labute approximate surface area is 171 Å². The van der Waals surface area contributed by atoms with Crippen molar-refractivity contribution in [1.82, 2.24) is 14.0 Å². The van der Waals surface area contributed by atoms with Gasteiger partial charge in [-0.15, -0.1) is 0 Å².